The molecule has 4 aromatic rings. The molecule has 4 unspecified atom stereocenters. The molecule has 2 N–H and O–H groups in total. The molecule has 6 rings (SSSR count). The van der Waals surface area contributed by atoms with E-state index in [1.165, 1.54) is 12.5 Å². The van der Waals surface area contributed by atoms with E-state index in [9.17, 15) is 9.90 Å². The minimum absolute atomic E-state index is 0.00734. The highest BCUT2D eigenvalue weighted by Crippen LogP contribution is 2.42. The normalized spacial score (nSPS) is 22.4. The van der Waals surface area contributed by atoms with E-state index >= 15 is 0 Å². The molecule has 4 atom stereocenters. The molecular weight excluding hydrogens is 574 g/mol. The number of piperazine rings is 1. The molecule has 7 heteroatoms. The van der Waals surface area contributed by atoms with Crippen LogP contribution in [0.2, 0.25) is 0 Å². The number of aliphatic hydroxyl groups excluding tert-OH is 1. The van der Waals surface area contributed by atoms with E-state index < -0.39 is 6.29 Å². The monoisotopic (exact) mass is 619 g/mol. The highest BCUT2D eigenvalue weighted by Gasteiger charge is 2.39. The Morgan fingerprint density at radius 2 is 1.43 bits per heavy atom. The fourth-order valence-corrected chi connectivity index (χ4v) is 6.47. The van der Waals surface area contributed by atoms with E-state index in [0.717, 1.165) is 72.6 Å². The lowest BCUT2D eigenvalue weighted by Gasteiger charge is -2.44. The number of hydrogen-bond acceptors (Lipinski definition) is 6. The third-order valence-corrected chi connectivity index (χ3v) is 9.26. The van der Waals surface area contributed by atoms with Crippen LogP contribution in [-0.4, -0.2) is 59.6 Å². The van der Waals surface area contributed by atoms with Crippen LogP contribution in [0.3, 0.4) is 0 Å². The van der Waals surface area contributed by atoms with Gasteiger partial charge < -0.3 is 19.9 Å². The van der Waals surface area contributed by atoms with Crippen LogP contribution < -0.4 is 5.32 Å². The van der Waals surface area contributed by atoms with Crippen LogP contribution in [0.25, 0.3) is 11.1 Å². The number of ether oxygens (including phenoxy) is 2. The first-order chi connectivity index (χ1) is 22.4. The first-order valence-electron chi connectivity index (χ1n) is 16.4. The fraction of sp³-hybridized carbons (Fsp3) is 0.359. The molecule has 0 aromatic heterocycles. The average molecular weight is 620 g/mol. The number of amides is 1. The Morgan fingerprint density at radius 1 is 0.761 bits per heavy atom. The molecule has 0 saturated carbocycles. The summed E-state index contributed by atoms with van der Waals surface area (Å²) >= 11 is 0. The van der Waals surface area contributed by atoms with Crippen molar-refractivity contribution in [3.05, 3.63) is 131 Å². The van der Waals surface area contributed by atoms with E-state index in [1.54, 1.807) is 0 Å². The SMILES string of the molecule is CC(=O)NCc1cccc(-c2ccc(C3OC(CN4CCN(Cc5ccccc5)CC4)C(C)C(c4ccc(CO)cc4)O3)cc2)c1. The van der Waals surface area contributed by atoms with Gasteiger partial charge in [0, 0.05) is 64.2 Å². The van der Waals surface area contributed by atoms with Crippen LogP contribution in [-0.2, 0) is 34.0 Å². The van der Waals surface area contributed by atoms with Gasteiger partial charge in [-0.25, -0.2) is 0 Å². The van der Waals surface area contributed by atoms with Crippen LogP contribution >= 0.6 is 0 Å². The first-order valence-corrected chi connectivity index (χ1v) is 16.4. The van der Waals surface area contributed by atoms with E-state index in [-0.39, 0.29) is 30.6 Å². The second-order valence-electron chi connectivity index (χ2n) is 12.6. The molecule has 7 nitrogen and oxygen atoms in total. The highest BCUT2D eigenvalue weighted by atomic mass is 16.7. The van der Waals surface area contributed by atoms with Gasteiger partial charge in [0.2, 0.25) is 5.91 Å². The molecule has 0 spiro atoms. The minimum atomic E-state index is -0.497. The third kappa shape index (κ3) is 8.10. The summed E-state index contributed by atoms with van der Waals surface area (Å²) < 4.78 is 13.5. The topological polar surface area (TPSA) is 74.3 Å². The number of carbonyl (C=O) groups excluding carboxylic acids is 1. The first kappa shape index (κ1) is 32.1. The van der Waals surface area contributed by atoms with Crippen molar-refractivity contribution in [3.8, 4) is 11.1 Å². The zero-order chi connectivity index (χ0) is 31.9. The predicted molar refractivity (Wildman–Crippen MR) is 181 cm³/mol. The molecule has 240 valence electrons. The maximum atomic E-state index is 11.4. The smallest absolute Gasteiger partial charge is 0.217 e. The van der Waals surface area contributed by atoms with Gasteiger partial charge in [0.1, 0.15) is 0 Å². The molecule has 0 aliphatic carbocycles. The molecule has 4 aromatic carbocycles. The van der Waals surface area contributed by atoms with Crippen molar-refractivity contribution in [2.45, 2.75) is 52.0 Å². The van der Waals surface area contributed by atoms with Gasteiger partial charge in [0.25, 0.3) is 0 Å². The summed E-state index contributed by atoms with van der Waals surface area (Å²) in [4.78, 5) is 16.5. The second-order valence-corrected chi connectivity index (χ2v) is 12.6. The Labute approximate surface area is 272 Å². The van der Waals surface area contributed by atoms with Crippen LogP contribution in [0, 0.1) is 5.92 Å². The zero-order valence-corrected chi connectivity index (χ0v) is 26.8. The van der Waals surface area contributed by atoms with Gasteiger partial charge in [-0.05, 0) is 39.4 Å². The second kappa shape index (κ2) is 15.2. The molecule has 2 heterocycles. The summed E-state index contributed by atoms with van der Waals surface area (Å²) in [5.74, 6) is 0.104. The lowest BCUT2D eigenvalue weighted by molar-refractivity contribution is -0.276. The van der Waals surface area contributed by atoms with Gasteiger partial charge in [-0.2, -0.15) is 0 Å². The Hall–Kier alpha value is -3.85. The number of hydrogen-bond donors (Lipinski definition) is 2. The summed E-state index contributed by atoms with van der Waals surface area (Å²) in [6.07, 6.45) is -0.642. The molecule has 1 amide bonds. The Bertz CT molecular complexity index is 1550. The molecule has 46 heavy (non-hydrogen) atoms. The lowest BCUT2D eigenvalue weighted by Crippen LogP contribution is -2.51. The minimum Gasteiger partial charge on any atom is -0.392 e. The molecule has 2 saturated heterocycles. The molecular formula is C39H45N3O4. The van der Waals surface area contributed by atoms with Crippen LogP contribution in [0.15, 0.2) is 103 Å². The third-order valence-electron chi connectivity index (χ3n) is 9.26. The largest absolute Gasteiger partial charge is 0.392 e. The van der Waals surface area contributed by atoms with Gasteiger partial charge in [-0.3, -0.25) is 14.6 Å². The van der Waals surface area contributed by atoms with E-state index in [2.05, 4.69) is 101 Å². The summed E-state index contributed by atoms with van der Waals surface area (Å²) in [6, 6.07) is 35.5. The number of benzene rings is 4. The maximum absolute atomic E-state index is 11.4. The molecule has 2 fully saturated rings. The quantitative estimate of drug-likeness (QED) is 0.224. The van der Waals surface area contributed by atoms with Crippen molar-refractivity contribution in [1.82, 2.24) is 15.1 Å². The summed E-state index contributed by atoms with van der Waals surface area (Å²) in [5, 5.41) is 12.5. The van der Waals surface area contributed by atoms with Gasteiger partial charge in [0.15, 0.2) is 6.29 Å². The number of carbonyl (C=O) groups is 1. The van der Waals surface area contributed by atoms with E-state index in [4.69, 9.17) is 9.47 Å². The number of nitrogens with zero attached hydrogens (tertiary/aromatic N) is 2. The summed E-state index contributed by atoms with van der Waals surface area (Å²) in [7, 11) is 0. The molecule has 2 aliphatic rings. The van der Waals surface area contributed by atoms with Crippen molar-refractivity contribution >= 4 is 5.91 Å². The molecule has 2 aliphatic heterocycles. The molecule has 0 bridgehead atoms. The summed E-state index contributed by atoms with van der Waals surface area (Å²) in [5.41, 5.74) is 7.59. The van der Waals surface area contributed by atoms with Crippen molar-refractivity contribution in [2.24, 2.45) is 5.92 Å². The average Bonchev–Trinajstić information content (AvgIpc) is 3.10. The van der Waals surface area contributed by atoms with Crippen LogP contribution in [0.5, 0.6) is 0 Å². The van der Waals surface area contributed by atoms with Crippen LogP contribution in [0.4, 0.5) is 0 Å². The van der Waals surface area contributed by atoms with Gasteiger partial charge in [-0.1, -0.05) is 104 Å². The highest BCUT2D eigenvalue weighted by molar-refractivity contribution is 5.73. The number of aliphatic hydroxyl groups is 1. The standard InChI is InChI=1S/C39H45N3O4/c1-28-37(26-42-21-19-41(20-22-42)25-30-7-4-3-5-8-30)45-39(46-38(28)34-13-11-31(27-43)12-14-34)35-17-15-33(16-18-35)36-10-6-9-32(23-36)24-40-29(2)44/h3-18,23,28,37-39,43H,19-22,24-27H2,1-2H3,(H,40,44). The van der Waals surface area contributed by atoms with Gasteiger partial charge in [-0.15, -0.1) is 0 Å². The Balaban J connectivity index is 1.16. The lowest BCUT2D eigenvalue weighted by atomic mass is 9.89. The van der Waals surface area contributed by atoms with Crippen molar-refractivity contribution in [1.29, 1.82) is 0 Å². The summed E-state index contributed by atoms with van der Waals surface area (Å²) in [6.45, 7) is 10.2. The van der Waals surface area contributed by atoms with Crippen molar-refractivity contribution in [3.63, 3.8) is 0 Å². The van der Waals surface area contributed by atoms with Crippen LogP contribution in [0.1, 0.15) is 54.1 Å². The van der Waals surface area contributed by atoms with Crippen molar-refractivity contribution < 1.29 is 19.4 Å². The zero-order valence-electron chi connectivity index (χ0n) is 26.8. The molecule has 0 radical (unpaired) electrons. The Morgan fingerprint density at radius 3 is 2.13 bits per heavy atom. The predicted octanol–water partition coefficient (Wildman–Crippen LogP) is 6.09. The fourth-order valence-electron chi connectivity index (χ4n) is 6.47. The van der Waals surface area contributed by atoms with E-state index in [1.807, 2.05) is 24.3 Å². The number of rotatable bonds is 10. The maximum Gasteiger partial charge on any atom is 0.217 e. The van der Waals surface area contributed by atoms with Gasteiger partial charge in [0.05, 0.1) is 18.8 Å². The number of nitrogens with one attached hydrogen (secondary N) is 1. The van der Waals surface area contributed by atoms with Gasteiger partial charge >= 0.3 is 0 Å². The Kier molecular flexibility index (Phi) is 10.6. The van der Waals surface area contributed by atoms with Crippen molar-refractivity contribution in [2.75, 3.05) is 32.7 Å². The van der Waals surface area contributed by atoms with E-state index in [0.29, 0.717) is 6.54 Å².